The van der Waals surface area contributed by atoms with E-state index in [-0.39, 0.29) is 11.0 Å². The molecule has 0 heterocycles. The minimum absolute atomic E-state index is 0.0995. The molecule has 0 fully saturated rings. The van der Waals surface area contributed by atoms with E-state index in [1.54, 1.807) is 13.8 Å². The predicted molar refractivity (Wildman–Crippen MR) is 36.3 cm³/mol. The van der Waals surface area contributed by atoms with E-state index in [1.165, 1.54) is 0 Å². The molecule has 0 saturated carbocycles. The maximum Gasteiger partial charge on any atom is 0.287 e. The standard InChI is InChI=1S/C5H11N3O3/c1-4(2)11-7-8(10)3-5(6)9/h4H,3H2,1-2H3,(H2,6,9). The molecular formula is C5H11N3O3. The first-order chi connectivity index (χ1) is 5.02. The van der Waals surface area contributed by atoms with Crippen molar-refractivity contribution in [3.8, 4) is 0 Å². The van der Waals surface area contributed by atoms with Crippen LogP contribution in [0, 0.1) is 5.21 Å². The van der Waals surface area contributed by atoms with Crippen molar-refractivity contribution >= 4 is 5.91 Å². The molecule has 0 aliphatic carbocycles. The van der Waals surface area contributed by atoms with Crippen LogP contribution in [-0.2, 0) is 9.63 Å². The third kappa shape index (κ3) is 6.56. The van der Waals surface area contributed by atoms with E-state index in [1.807, 2.05) is 0 Å². The molecule has 6 nitrogen and oxygen atoms in total. The monoisotopic (exact) mass is 161 g/mol. The summed E-state index contributed by atoms with van der Waals surface area (Å²) < 4.78 is 0. The number of primary amides is 1. The van der Waals surface area contributed by atoms with E-state index in [2.05, 4.69) is 10.1 Å². The number of hydroxylamine groups is 1. The number of rotatable bonds is 4. The fraction of sp³-hybridized carbons (Fsp3) is 0.800. The second-order valence-corrected chi connectivity index (χ2v) is 2.21. The lowest BCUT2D eigenvalue weighted by Gasteiger charge is -1.99. The Bertz CT molecular complexity index is 166. The van der Waals surface area contributed by atoms with Crippen LogP contribution in [0.15, 0.2) is 5.28 Å². The summed E-state index contributed by atoms with van der Waals surface area (Å²) in [5, 5.41) is 13.5. The van der Waals surface area contributed by atoms with Crippen LogP contribution in [0.1, 0.15) is 13.8 Å². The Labute approximate surface area is 64.2 Å². The van der Waals surface area contributed by atoms with Crippen molar-refractivity contribution < 1.29 is 14.5 Å². The van der Waals surface area contributed by atoms with Gasteiger partial charge in [0.2, 0.25) is 5.28 Å². The SMILES string of the molecule is CC(C)ON=[N+]([O-])CC(N)=O. The third-order valence-corrected chi connectivity index (χ3v) is 0.640. The Morgan fingerprint density at radius 1 is 1.82 bits per heavy atom. The van der Waals surface area contributed by atoms with Gasteiger partial charge in [0.1, 0.15) is 6.10 Å². The van der Waals surface area contributed by atoms with Gasteiger partial charge in [0.15, 0.2) is 0 Å². The fourth-order valence-corrected chi connectivity index (χ4v) is 0.309. The summed E-state index contributed by atoms with van der Waals surface area (Å²) in [5.41, 5.74) is 4.70. The van der Waals surface area contributed by atoms with Crippen LogP contribution in [0.4, 0.5) is 0 Å². The van der Waals surface area contributed by atoms with Crippen LogP contribution >= 0.6 is 0 Å². The summed E-state index contributed by atoms with van der Waals surface area (Å²) in [6.07, 6.45) is -0.181. The highest BCUT2D eigenvalue weighted by Crippen LogP contribution is 1.88. The number of amides is 1. The number of nitrogens with two attached hydrogens (primary N) is 1. The molecule has 0 rings (SSSR count). The fourth-order valence-electron chi connectivity index (χ4n) is 0.309. The van der Waals surface area contributed by atoms with Crippen LogP contribution in [0.2, 0.25) is 0 Å². The molecule has 0 radical (unpaired) electrons. The number of carbonyl (C=O) groups excluding carboxylic acids is 1. The minimum atomic E-state index is -0.740. The van der Waals surface area contributed by atoms with Crippen LogP contribution in [-0.4, -0.2) is 23.4 Å². The van der Waals surface area contributed by atoms with Gasteiger partial charge >= 0.3 is 0 Å². The Morgan fingerprint density at radius 3 is 2.73 bits per heavy atom. The highest BCUT2D eigenvalue weighted by molar-refractivity contribution is 5.74. The van der Waals surface area contributed by atoms with Crippen molar-refractivity contribution in [1.82, 2.24) is 0 Å². The summed E-state index contributed by atoms with van der Waals surface area (Å²) in [4.78, 5) is 14.8. The van der Waals surface area contributed by atoms with E-state index in [0.717, 1.165) is 0 Å². The topological polar surface area (TPSA) is 90.8 Å². The molecule has 0 atom stereocenters. The van der Waals surface area contributed by atoms with E-state index in [4.69, 9.17) is 5.73 Å². The largest absolute Gasteiger partial charge is 0.597 e. The summed E-state index contributed by atoms with van der Waals surface area (Å²) in [6.45, 7) is 2.94. The van der Waals surface area contributed by atoms with Gasteiger partial charge in [-0.2, -0.15) is 0 Å². The molecule has 0 bridgehead atoms. The zero-order valence-corrected chi connectivity index (χ0v) is 6.48. The average Bonchev–Trinajstić information content (AvgIpc) is 1.82. The van der Waals surface area contributed by atoms with Crippen LogP contribution in [0.3, 0.4) is 0 Å². The molecule has 0 aromatic carbocycles. The molecule has 11 heavy (non-hydrogen) atoms. The maximum atomic E-state index is 10.5. The molecule has 0 aliphatic heterocycles. The third-order valence-electron chi connectivity index (χ3n) is 0.640. The number of hydrogen-bond acceptors (Lipinski definition) is 4. The Kier molecular flexibility index (Phi) is 3.94. The molecule has 0 aromatic heterocycles. The first kappa shape index (κ1) is 9.67. The van der Waals surface area contributed by atoms with E-state index in [9.17, 15) is 10.0 Å². The molecular weight excluding hydrogens is 150 g/mol. The van der Waals surface area contributed by atoms with Gasteiger partial charge in [-0.3, -0.25) is 4.79 Å². The summed E-state index contributed by atoms with van der Waals surface area (Å²) >= 11 is 0. The molecule has 0 aliphatic rings. The summed E-state index contributed by atoms with van der Waals surface area (Å²) in [7, 11) is 0. The molecule has 64 valence electrons. The first-order valence-electron chi connectivity index (χ1n) is 3.12. The lowest BCUT2D eigenvalue weighted by molar-refractivity contribution is -0.549. The maximum absolute atomic E-state index is 10.5. The number of carbonyl (C=O) groups is 1. The molecule has 0 unspecified atom stereocenters. The first-order valence-corrected chi connectivity index (χ1v) is 3.12. The van der Waals surface area contributed by atoms with Crippen LogP contribution in [0.5, 0.6) is 0 Å². The highest BCUT2D eigenvalue weighted by Gasteiger charge is 2.02. The van der Waals surface area contributed by atoms with Crippen LogP contribution < -0.4 is 5.73 Å². The average molecular weight is 161 g/mol. The highest BCUT2D eigenvalue weighted by atomic mass is 16.7. The molecule has 2 N–H and O–H groups in total. The lowest BCUT2D eigenvalue weighted by atomic mass is 10.5. The summed E-state index contributed by atoms with van der Waals surface area (Å²) in [6, 6.07) is 0. The van der Waals surface area contributed by atoms with Gasteiger partial charge < -0.3 is 15.8 Å². The van der Waals surface area contributed by atoms with Gasteiger partial charge in [0.05, 0.1) is 0 Å². The number of hydrogen-bond donors (Lipinski definition) is 1. The second-order valence-electron chi connectivity index (χ2n) is 2.21. The molecule has 0 spiro atoms. The van der Waals surface area contributed by atoms with E-state index < -0.39 is 12.5 Å². The van der Waals surface area contributed by atoms with Gasteiger partial charge in [-0.05, 0) is 18.7 Å². The summed E-state index contributed by atoms with van der Waals surface area (Å²) in [5.74, 6) is -0.740. The van der Waals surface area contributed by atoms with E-state index >= 15 is 0 Å². The van der Waals surface area contributed by atoms with Gasteiger partial charge in [0, 0.05) is 0 Å². The van der Waals surface area contributed by atoms with Gasteiger partial charge in [0.25, 0.3) is 12.5 Å². The molecule has 6 heteroatoms. The quantitative estimate of drug-likeness (QED) is 0.351. The predicted octanol–water partition coefficient (Wildman–Crippen LogP) is -0.226. The van der Waals surface area contributed by atoms with Crippen molar-refractivity contribution in [3.63, 3.8) is 0 Å². The van der Waals surface area contributed by atoms with Crippen molar-refractivity contribution in [2.24, 2.45) is 11.0 Å². The zero-order valence-electron chi connectivity index (χ0n) is 6.48. The molecule has 0 saturated heterocycles. The van der Waals surface area contributed by atoms with Crippen molar-refractivity contribution in [3.05, 3.63) is 5.21 Å². The molecule has 0 aromatic rings. The smallest absolute Gasteiger partial charge is 0.287 e. The zero-order chi connectivity index (χ0) is 8.85. The van der Waals surface area contributed by atoms with Gasteiger partial charge in [-0.15, -0.1) is 0 Å². The van der Waals surface area contributed by atoms with E-state index in [0.29, 0.717) is 0 Å². The van der Waals surface area contributed by atoms with Gasteiger partial charge in [-0.25, -0.2) is 0 Å². The van der Waals surface area contributed by atoms with Crippen molar-refractivity contribution in [2.45, 2.75) is 20.0 Å². The Hall–Kier alpha value is -1.33. The lowest BCUT2D eigenvalue weighted by Crippen LogP contribution is -2.22. The minimum Gasteiger partial charge on any atom is -0.597 e. The Balaban J connectivity index is 3.72. The second kappa shape index (κ2) is 4.48. The normalized spacial score (nSPS) is 11.7. The van der Waals surface area contributed by atoms with Crippen LogP contribution in [0.25, 0.3) is 0 Å². The van der Waals surface area contributed by atoms with Crippen molar-refractivity contribution in [1.29, 1.82) is 0 Å². The van der Waals surface area contributed by atoms with Crippen molar-refractivity contribution in [2.75, 3.05) is 6.54 Å². The van der Waals surface area contributed by atoms with Gasteiger partial charge in [-0.1, -0.05) is 0 Å². The molecule has 1 amide bonds. The number of nitrogens with zero attached hydrogens (tertiary/aromatic N) is 2. The Morgan fingerprint density at radius 2 is 2.36 bits per heavy atom.